The van der Waals surface area contributed by atoms with Gasteiger partial charge in [0.15, 0.2) is 5.78 Å². The summed E-state index contributed by atoms with van der Waals surface area (Å²) in [7, 11) is 0. The molecule has 0 spiro atoms. The molecule has 0 bridgehead atoms. The summed E-state index contributed by atoms with van der Waals surface area (Å²) < 4.78 is 0. The van der Waals surface area contributed by atoms with E-state index >= 15 is 0 Å². The van der Waals surface area contributed by atoms with Gasteiger partial charge in [0, 0.05) is 16.4 Å². The third-order valence-corrected chi connectivity index (χ3v) is 10.7. The first-order valence-electron chi connectivity index (χ1n) is 12.9. The molecule has 4 rings (SSSR count). The lowest BCUT2D eigenvalue weighted by atomic mass is 9.41. The van der Waals surface area contributed by atoms with Crippen molar-refractivity contribution in [3.63, 3.8) is 0 Å². The summed E-state index contributed by atoms with van der Waals surface area (Å²) in [6.07, 6.45) is 17.3. The number of carboxylic acids is 1. The molecule has 0 aromatic carbocycles. The maximum Gasteiger partial charge on any atom is 0.330 e. The van der Waals surface area contributed by atoms with E-state index in [1.165, 1.54) is 18.4 Å². The van der Waals surface area contributed by atoms with Crippen molar-refractivity contribution < 1.29 is 14.7 Å². The Hall–Kier alpha value is -1.90. The van der Waals surface area contributed by atoms with Gasteiger partial charge >= 0.3 is 5.97 Å². The third kappa shape index (κ3) is 3.36. The monoisotopic (exact) mass is 450 g/mol. The largest absolute Gasteiger partial charge is 0.478 e. The summed E-state index contributed by atoms with van der Waals surface area (Å²) in [5, 5.41) is 9.13. The van der Waals surface area contributed by atoms with Crippen LogP contribution in [0, 0.1) is 39.4 Å². The number of carboxylic acid groups (broad SMARTS) is 1. The Morgan fingerprint density at radius 2 is 1.79 bits per heavy atom. The molecule has 2 fully saturated rings. The van der Waals surface area contributed by atoms with Crippen LogP contribution in [-0.4, -0.2) is 16.9 Å². The van der Waals surface area contributed by atoms with Crippen molar-refractivity contribution in [2.75, 3.05) is 0 Å². The zero-order chi connectivity index (χ0) is 24.4. The van der Waals surface area contributed by atoms with Crippen LogP contribution >= 0.6 is 0 Å². The van der Waals surface area contributed by atoms with E-state index in [-0.39, 0.29) is 27.4 Å². The Labute approximate surface area is 200 Å². The van der Waals surface area contributed by atoms with Gasteiger partial charge in [-0.05, 0) is 80.1 Å². The van der Waals surface area contributed by atoms with E-state index in [1.54, 1.807) is 12.5 Å². The minimum atomic E-state index is -0.817. The first kappa shape index (κ1) is 24.2. The molecule has 0 aromatic rings. The van der Waals surface area contributed by atoms with Crippen LogP contribution in [0.3, 0.4) is 0 Å². The van der Waals surface area contributed by atoms with Gasteiger partial charge in [-0.3, -0.25) is 4.79 Å². The van der Waals surface area contributed by atoms with E-state index in [1.807, 2.05) is 12.2 Å². The van der Waals surface area contributed by atoms with Gasteiger partial charge in [-0.15, -0.1) is 0 Å². The minimum absolute atomic E-state index is 0.0711. The van der Waals surface area contributed by atoms with Crippen LogP contribution < -0.4 is 0 Å². The first-order chi connectivity index (χ1) is 15.3. The number of hydrogen-bond acceptors (Lipinski definition) is 2. The van der Waals surface area contributed by atoms with Crippen molar-refractivity contribution in [1.29, 1.82) is 0 Å². The topological polar surface area (TPSA) is 54.4 Å². The molecule has 0 saturated heterocycles. The fourth-order valence-corrected chi connectivity index (χ4v) is 8.21. The van der Waals surface area contributed by atoms with Crippen molar-refractivity contribution >= 4 is 11.8 Å². The maximum absolute atomic E-state index is 12.7. The summed E-state index contributed by atoms with van der Waals surface area (Å²) in [6.45, 7) is 15.7. The summed E-state index contributed by atoms with van der Waals surface area (Å²) >= 11 is 0. The number of fused-ring (bicyclic) bond motifs is 5. The Morgan fingerprint density at radius 3 is 2.45 bits per heavy atom. The molecular formula is C30H42O3. The first-order valence-corrected chi connectivity index (χ1v) is 12.9. The van der Waals surface area contributed by atoms with E-state index in [2.05, 4.69) is 59.8 Å². The van der Waals surface area contributed by atoms with E-state index < -0.39 is 5.97 Å². The molecule has 0 heterocycles. The lowest BCUT2D eigenvalue weighted by molar-refractivity contribution is -0.132. The molecule has 3 nitrogen and oxygen atoms in total. The predicted octanol–water partition coefficient (Wildman–Crippen LogP) is 7.30. The second-order valence-corrected chi connectivity index (χ2v) is 12.6. The minimum Gasteiger partial charge on any atom is -0.478 e. The molecule has 0 amide bonds. The lowest BCUT2D eigenvalue weighted by Crippen LogP contribution is -2.55. The number of aliphatic carboxylic acids is 1. The van der Waals surface area contributed by atoms with Crippen molar-refractivity contribution in [3.8, 4) is 0 Å². The van der Waals surface area contributed by atoms with Crippen LogP contribution in [-0.2, 0) is 9.59 Å². The highest BCUT2D eigenvalue weighted by molar-refractivity contribution is 5.96. The molecule has 0 unspecified atom stereocenters. The van der Waals surface area contributed by atoms with E-state index in [0.29, 0.717) is 23.3 Å². The van der Waals surface area contributed by atoms with Crippen LogP contribution in [0.5, 0.6) is 0 Å². The van der Waals surface area contributed by atoms with Crippen LogP contribution in [0.1, 0.15) is 87.0 Å². The summed E-state index contributed by atoms with van der Waals surface area (Å²) in [6, 6.07) is 0. The number of ketones is 1. The summed E-state index contributed by atoms with van der Waals surface area (Å²) in [5.41, 5.74) is 3.46. The molecule has 33 heavy (non-hydrogen) atoms. The van der Waals surface area contributed by atoms with Crippen molar-refractivity contribution in [3.05, 3.63) is 47.1 Å². The standard InChI is InChI=1S/C30H42O3/c1-19(9-8-10-20(2)26(32)33)21-13-17-29(6)22(21)11-12-24-28(5)16-15-25(31)27(3,4)23(28)14-18-30(24,29)7/h10-12,15-16,19,21,23H,8-9,13-14,17-18H2,1-7H3,(H,32,33)/b20-10+/t19-,21-,23-,28+,29+,30+/m0/s1. The molecule has 4 aliphatic carbocycles. The average Bonchev–Trinajstić information content (AvgIpc) is 3.09. The number of allylic oxidation sites excluding steroid dienone is 7. The van der Waals surface area contributed by atoms with E-state index in [0.717, 1.165) is 25.7 Å². The Kier molecular flexibility index (Phi) is 5.74. The Morgan fingerprint density at radius 1 is 1.12 bits per heavy atom. The number of carbonyl (C=O) groups is 2. The highest BCUT2D eigenvalue weighted by Gasteiger charge is 2.63. The smallest absolute Gasteiger partial charge is 0.330 e. The zero-order valence-corrected chi connectivity index (χ0v) is 21.6. The Balaban J connectivity index is 1.66. The Bertz CT molecular complexity index is 992. The summed E-state index contributed by atoms with van der Waals surface area (Å²) in [4.78, 5) is 23.8. The summed E-state index contributed by atoms with van der Waals surface area (Å²) in [5.74, 6) is 0.902. The fraction of sp³-hybridized carbons (Fsp3) is 0.667. The second-order valence-electron chi connectivity index (χ2n) is 12.6. The van der Waals surface area contributed by atoms with Gasteiger partial charge in [0.05, 0.1) is 0 Å². The highest BCUT2D eigenvalue weighted by atomic mass is 16.4. The van der Waals surface area contributed by atoms with Crippen LogP contribution in [0.2, 0.25) is 0 Å². The van der Waals surface area contributed by atoms with Gasteiger partial charge in [-0.2, -0.15) is 0 Å². The van der Waals surface area contributed by atoms with Gasteiger partial charge in [-0.1, -0.05) is 77.0 Å². The maximum atomic E-state index is 12.7. The number of hydrogen-bond donors (Lipinski definition) is 1. The van der Waals surface area contributed by atoms with Crippen molar-refractivity contribution in [1.82, 2.24) is 0 Å². The predicted molar refractivity (Wildman–Crippen MR) is 134 cm³/mol. The van der Waals surface area contributed by atoms with Crippen molar-refractivity contribution in [2.45, 2.75) is 87.0 Å². The highest BCUT2D eigenvalue weighted by Crippen LogP contribution is 2.71. The number of carbonyl (C=O) groups excluding carboxylic acids is 1. The van der Waals surface area contributed by atoms with Crippen LogP contribution in [0.15, 0.2) is 47.1 Å². The van der Waals surface area contributed by atoms with E-state index in [4.69, 9.17) is 5.11 Å². The van der Waals surface area contributed by atoms with Crippen LogP contribution in [0.4, 0.5) is 0 Å². The quantitative estimate of drug-likeness (QED) is 0.447. The number of rotatable bonds is 5. The molecule has 6 atom stereocenters. The molecule has 2 saturated carbocycles. The molecule has 3 heteroatoms. The normalized spacial score (nSPS) is 40.3. The van der Waals surface area contributed by atoms with E-state index in [9.17, 15) is 9.59 Å². The molecule has 180 valence electrons. The lowest BCUT2D eigenvalue weighted by Gasteiger charge is -2.62. The second kappa shape index (κ2) is 7.82. The van der Waals surface area contributed by atoms with Gasteiger partial charge in [0.2, 0.25) is 0 Å². The average molecular weight is 451 g/mol. The third-order valence-electron chi connectivity index (χ3n) is 10.7. The molecular weight excluding hydrogens is 408 g/mol. The van der Waals surface area contributed by atoms with Gasteiger partial charge in [0.25, 0.3) is 0 Å². The van der Waals surface area contributed by atoms with Crippen LogP contribution in [0.25, 0.3) is 0 Å². The molecule has 0 aliphatic heterocycles. The van der Waals surface area contributed by atoms with Gasteiger partial charge in [-0.25, -0.2) is 4.79 Å². The molecule has 0 aromatic heterocycles. The van der Waals surface area contributed by atoms with Gasteiger partial charge in [0.1, 0.15) is 0 Å². The van der Waals surface area contributed by atoms with Crippen molar-refractivity contribution in [2.24, 2.45) is 39.4 Å². The molecule has 0 radical (unpaired) electrons. The van der Waals surface area contributed by atoms with Gasteiger partial charge < -0.3 is 5.11 Å². The SMILES string of the molecule is C/C(=C\CC[C@H](C)[C@@H]1CC[C@]2(C)C1=CC=C1[C@]3(C)C=CC(=O)C(C)(C)[C@@H]3CC[C@]12C)C(=O)O. The molecule has 4 aliphatic rings. The zero-order valence-electron chi connectivity index (χ0n) is 21.6. The molecule has 1 N–H and O–H groups in total. The fourth-order valence-electron chi connectivity index (χ4n) is 8.21.